The first kappa shape index (κ1) is 17.9. The van der Waals surface area contributed by atoms with Gasteiger partial charge in [-0.3, -0.25) is 10.2 Å². The predicted octanol–water partition coefficient (Wildman–Crippen LogP) is 3.44. The van der Waals surface area contributed by atoms with Crippen molar-refractivity contribution in [2.75, 3.05) is 38.1 Å². The van der Waals surface area contributed by atoms with Crippen molar-refractivity contribution in [2.45, 2.75) is 32.6 Å². The number of H-pyrrole nitrogens is 2. The van der Waals surface area contributed by atoms with Crippen LogP contribution in [0, 0.1) is 6.92 Å². The third kappa shape index (κ3) is 2.65. The fourth-order valence-corrected chi connectivity index (χ4v) is 5.17. The van der Waals surface area contributed by atoms with E-state index in [1.807, 2.05) is 6.20 Å². The van der Waals surface area contributed by atoms with Crippen molar-refractivity contribution in [1.82, 2.24) is 30.3 Å². The molecule has 7 nitrogen and oxygen atoms in total. The summed E-state index contributed by atoms with van der Waals surface area (Å²) >= 11 is 0. The Kier molecular flexibility index (Phi) is 4.06. The molecule has 7 heteroatoms. The molecule has 1 aliphatic heterocycles. The van der Waals surface area contributed by atoms with Gasteiger partial charge in [0.15, 0.2) is 5.82 Å². The molecule has 0 unspecified atom stereocenters. The number of aromatic nitrogens is 5. The van der Waals surface area contributed by atoms with E-state index in [0.717, 1.165) is 72.8 Å². The molecule has 30 heavy (non-hydrogen) atoms. The van der Waals surface area contributed by atoms with E-state index < -0.39 is 0 Å². The molecule has 6 rings (SSSR count). The van der Waals surface area contributed by atoms with Gasteiger partial charge in [-0.25, -0.2) is 4.98 Å². The molecule has 0 amide bonds. The maximum Gasteiger partial charge on any atom is 0.159 e. The van der Waals surface area contributed by atoms with Crippen LogP contribution in [-0.2, 0) is 12.8 Å². The first-order valence-electron chi connectivity index (χ1n) is 11.0. The second-order valence-corrected chi connectivity index (χ2v) is 8.75. The van der Waals surface area contributed by atoms with Crippen molar-refractivity contribution in [3.63, 3.8) is 0 Å². The zero-order valence-electron chi connectivity index (χ0n) is 17.6. The molecule has 2 aliphatic rings. The Hall–Kier alpha value is -2.93. The van der Waals surface area contributed by atoms with Gasteiger partial charge in [0, 0.05) is 42.8 Å². The average Bonchev–Trinajstić information content (AvgIpc) is 3.39. The first-order valence-corrected chi connectivity index (χ1v) is 11.0. The van der Waals surface area contributed by atoms with Gasteiger partial charge in [-0.05, 0) is 62.9 Å². The van der Waals surface area contributed by atoms with Crippen LogP contribution in [0.15, 0.2) is 18.3 Å². The molecular weight excluding hydrogens is 374 g/mol. The largest absolute Gasteiger partial charge is 0.352 e. The molecule has 1 aliphatic carbocycles. The number of hydrogen-bond donors (Lipinski definition) is 2. The van der Waals surface area contributed by atoms with Gasteiger partial charge in [-0.1, -0.05) is 0 Å². The topological polar surface area (TPSA) is 76.7 Å². The monoisotopic (exact) mass is 401 g/mol. The van der Waals surface area contributed by atoms with Gasteiger partial charge >= 0.3 is 0 Å². The van der Waals surface area contributed by atoms with Gasteiger partial charge in [-0.15, -0.1) is 0 Å². The summed E-state index contributed by atoms with van der Waals surface area (Å²) in [5.74, 6) is 1.09. The van der Waals surface area contributed by atoms with Crippen molar-refractivity contribution in [1.29, 1.82) is 0 Å². The molecule has 1 saturated heterocycles. The van der Waals surface area contributed by atoms with Crippen molar-refractivity contribution in [3.05, 3.63) is 35.2 Å². The molecule has 0 bridgehead atoms. The number of nitrogens with zero attached hydrogens (tertiary/aromatic N) is 5. The number of likely N-dealkylation sites (N-methyl/N-ethyl adjacent to an activating group) is 1. The SMILES string of the molecule is Cc1[nH]ncc1-c1nc2ccc3[nH]nc(N4CCN(C)CC4)c3c2c2c1CCCC2. The Morgan fingerprint density at radius 1 is 0.933 bits per heavy atom. The van der Waals surface area contributed by atoms with Crippen LogP contribution in [0.2, 0.25) is 0 Å². The minimum Gasteiger partial charge on any atom is -0.352 e. The molecule has 0 spiro atoms. The number of benzene rings is 1. The average molecular weight is 402 g/mol. The molecular formula is C23H27N7. The molecule has 2 N–H and O–H groups in total. The van der Waals surface area contributed by atoms with Crippen LogP contribution in [0.3, 0.4) is 0 Å². The first-order chi connectivity index (χ1) is 14.7. The third-order valence-corrected chi connectivity index (χ3v) is 6.86. The van der Waals surface area contributed by atoms with E-state index in [1.54, 1.807) is 0 Å². The van der Waals surface area contributed by atoms with Crippen molar-refractivity contribution in [3.8, 4) is 11.3 Å². The highest BCUT2D eigenvalue weighted by Crippen LogP contribution is 2.40. The van der Waals surface area contributed by atoms with Crippen LogP contribution in [0.5, 0.6) is 0 Å². The molecule has 1 aromatic carbocycles. The lowest BCUT2D eigenvalue weighted by atomic mass is 9.85. The van der Waals surface area contributed by atoms with E-state index in [4.69, 9.17) is 10.1 Å². The molecule has 0 radical (unpaired) electrons. The molecule has 4 heterocycles. The number of fused-ring (bicyclic) bond motifs is 5. The summed E-state index contributed by atoms with van der Waals surface area (Å²) in [7, 11) is 2.19. The van der Waals surface area contributed by atoms with E-state index >= 15 is 0 Å². The molecule has 154 valence electrons. The van der Waals surface area contributed by atoms with Crippen LogP contribution >= 0.6 is 0 Å². The fraction of sp³-hybridized carbons (Fsp3) is 0.435. The van der Waals surface area contributed by atoms with Crippen LogP contribution in [-0.4, -0.2) is 63.5 Å². The number of hydrogen-bond acceptors (Lipinski definition) is 5. The highest BCUT2D eigenvalue weighted by Gasteiger charge is 2.26. The summed E-state index contributed by atoms with van der Waals surface area (Å²) in [5.41, 5.74) is 8.35. The van der Waals surface area contributed by atoms with Crippen LogP contribution < -0.4 is 4.90 Å². The number of piperazine rings is 1. The maximum absolute atomic E-state index is 5.19. The van der Waals surface area contributed by atoms with E-state index in [0.29, 0.717) is 0 Å². The summed E-state index contributed by atoms with van der Waals surface area (Å²) in [6.07, 6.45) is 6.55. The lowest BCUT2D eigenvalue weighted by Crippen LogP contribution is -2.44. The molecule has 1 fully saturated rings. The standard InChI is InChI=1S/C23H27N7/c1-14-17(13-24-26-14)22-16-6-4-3-5-15(16)20-18(25-22)7-8-19-21(20)23(28-27-19)30-11-9-29(2)10-12-30/h7-8,13H,3-6,9-12H2,1-2H3,(H,24,26)(H,27,28). The number of nitrogens with one attached hydrogen (secondary N) is 2. The van der Waals surface area contributed by atoms with Gasteiger partial charge in [-0.2, -0.15) is 10.2 Å². The maximum atomic E-state index is 5.19. The fourth-order valence-electron chi connectivity index (χ4n) is 5.17. The Bertz CT molecular complexity index is 1240. The predicted molar refractivity (Wildman–Crippen MR) is 120 cm³/mol. The van der Waals surface area contributed by atoms with Crippen molar-refractivity contribution < 1.29 is 0 Å². The van der Waals surface area contributed by atoms with Gasteiger partial charge < -0.3 is 9.80 Å². The summed E-state index contributed by atoms with van der Waals surface area (Å²) in [6.45, 7) is 6.23. The number of anilines is 1. The Morgan fingerprint density at radius 2 is 1.73 bits per heavy atom. The van der Waals surface area contributed by atoms with Crippen LogP contribution in [0.1, 0.15) is 29.7 Å². The highest BCUT2D eigenvalue weighted by atomic mass is 15.3. The van der Waals surface area contributed by atoms with Gasteiger partial charge in [0.25, 0.3) is 0 Å². The smallest absolute Gasteiger partial charge is 0.159 e. The van der Waals surface area contributed by atoms with Crippen LogP contribution in [0.4, 0.5) is 5.82 Å². The lowest BCUT2D eigenvalue weighted by molar-refractivity contribution is 0.312. The number of aryl methyl sites for hydroxylation is 2. The summed E-state index contributed by atoms with van der Waals surface area (Å²) < 4.78 is 0. The zero-order valence-corrected chi connectivity index (χ0v) is 17.6. The summed E-state index contributed by atoms with van der Waals surface area (Å²) in [6, 6.07) is 4.29. The van der Waals surface area contributed by atoms with Gasteiger partial charge in [0.05, 0.1) is 28.3 Å². The molecule has 0 saturated carbocycles. The van der Waals surface area contributed by atoms with E-state index in [2.05, 4.69) is 51.2 Å². The molecule has 4 aromatic rings. The second-order valence-electron chi connectivity index (χ2n) is 8.75. The quantitative estimate of drug-likeness (QED) is 0.538. The van der Waals surface area contributed by atoms with Gasteiger partial charge in [0.1, 0.15) is 0 Å². The van der Waals surface area contributed by atoms with Gasteiger partial charge in [0.2, 0.25) is 0 Å². The Morgan fingerprint density at radius 3 is 2.50 bits per heavy atom. The van der Waals surface area contributed by atoms with Crippen molar-refractivity contribution in [2.24, 2.45) is 0 Å². The number of aromatic amines is 2. The minimum atomic E-state index is 1.01. The van der Waals surface area contributed by atoms with E-state index in [1.165, 1.54) is 34.7 Å². The number of rotatable bonds is 2. The Labute approximate surface area is 175 Å². The highest BCUT2D eigenvalue weighted by molar-refractivity contribution is 6.13. The summed E-state index contributed by atoms with van der Waals surface area (Å²) in [5, 5.41) is 18.0. The van der Waals surface area contributed by atoms with Crippen molar-refractivity contribution >= 4 is 27.6 Å². The Balaban J connectivity index is 1.63. The normalized spacial score (nSPS) is 17.7. The molecule has 0 atom stereocenters. The minimum absolute atomic E-state index is 1.01. The summed E-state index contributed by atoms with van der Waals surface area (Å²) in [4.78, 5) is 10.0. The molecule has 3 aromatic heterocycles. The lowest BCUT2D eigenvalue weighted by Gasteiger charge is -2.33. The van der Waals surface area contributed by atoms with E-state index in [-0.39, 0.29) is 0 Å². The number of pyridine rings is 1. The third-order valence-electron chi connectivity index (χ3n) is 6.86. The second kappa shape index (κ2) is 6.80. The zero-order chi connectivity index (χ0) is 20.2. The van der Waals surface area contributed by atoms with E-state index in [9.17, 15) is 0 Å². The van der Waals surface area contributed by atoms with Crippen LogP contribution in [0.25, 0.3) is 33.1 Å².